The Morgan fingerprint density at radius 3 is 1.26 bits per heavy atom. The molecule has 0 radical (unpaired) electrons. The zero-order valence-corrected chi connectivity index (χ0v) is 27.4. The first-order chi connectivity index (χ1) is 21.0. The lowest BCUT2D eigenvalue weighted by molar-refractivity contribution is 0.0943. The summed E-state index contributed by atoms with van der Waals surface area (Å²) in [5, 5.41) is 8.16. The molecule has 7 nitrogen and oxygen atoms in total. The number of hydrogen-bond acceptors (Lipinski definition) is 4. The van der Waals surface area contributed by atoms with Crippen molar-refractivity contribution in [3.05, 3.63) is 47.5 Å². The van der Waals surface area contributed by atoms with Gasteiger partial charge in [0.1, 0.15) is 0 Å². The SMILES string of the molecule is CCCCN(CCCC)CCCNC(=O)c1ccc2[nH]c3ccc(C(=O)NCCCN(CCCC)CCCC)cc3c2c1. The van der Waals surface area contributed by atoms with Crippen molar-refractivity contribution in [2.45, 2.75) is 91.9 Å². The van der Waals surface area contributed by atoms with Crippen molar-refractivity contribution >= 4 is 33.6 Å². The maximum absolute atomic E-state index is 13.0. The monoisotopic (exact) mass is 591 g/mol. The minimum absolute atomic E-state index is 0.0502. The summed E-state index contributed by atoms with van der Waals surface area (Å²) in [6.45, 7) is 16.8. The third-order valence-electron chi connectivity index (χ3n) is 8.31. The summed E-state index contributed by atoms with van der Waals surface area (Å²) in [7, 11) is 0. The fourth-order valence-corrected chi connectivity index (χ4v) is 5.59. The highest BCUT2D eigenvalue weighted by Gasteiger charge is 2.13. The number of carbonyl (C=O) groups excluding carboxylic acids is 2. The molecule has 0 aliphatic rings. The van der Waals surface area contributed by atoms with E-state index in [0.717, 1.165) is 73.9 Å². The van der Waals surface area contributed by atoms with Crippen molar-refractivity contribution in [1.29, 1.82) is 0 Å². The summed E-state index contributed by atoms with van der Waals surface area (Å²) >= 11 is 0. The van der Waals surface area contributed by atoms with E-state index in [-0.39, 0.29) is 11.8 Å². The molecule has 0 saturated carbocycles. The number of nitrogens with zero attached hydrogens (tertiary/aromatic N) is 2. The van der Waals surface area contributed by atoms with Crippen molar-refractivity contribution < 1.29 is 9.59 Å². The Kier molecular flexibility index (Phi) is 15.6. The molecule has 3 aromatic rings. The Morgan fingerprint density at radius 2 is 0.907 bits per heavy atom. The summed E-state index contributed by atoms with van der Waals surface area (Å²) < 4.78 is 0. The number of aromatic amines is 1. The van der Waals surface area contributed by atoms with Gasteiger partial charge in [-0.15, -0.1) is 0 Å². The number of nitrogens with one attached hydrogen (secondary N) is 3. The Balaban J connectivity index is 1.57. The third kappa shape index (κ3) is 11.3. The molecular weight excluding hydrogens is 534 g/mol. The van der Waals surface area contributed by atoms with Gasteiger partial charge in [0, 0.05) is 46.0 Å². The van der Waals surface area contributed by atoms with Gasteiger partial charge in [0.2, 0.25) is 0 Å². The van der Waals surface area contributed by atoms with Crippen LogP contribution in [0.3, 0.4) is 0 Å². The maximum Gasteiger partial charge on any atom is 0.251 e. The second-order valence-electron chi connectivity index (χ2n) is 12.0. The summed E-state index contributed by atoms with van der Waals surface area (Å²) in [5.41, 5.74) is 3.22. The van der Waals surface area contributed by atoms with Crippen molar-refractivity contribution in [2.75, 3.05) is 52.4 Å². The predicted octanol–water partition coefficient (Wildman–Crippen LogP) is 7.37. The van der Waals surface area contributed by atoms with Crippen LogP contribution in [0.15, 0.2) is 36.4 Å². The van der Waals surface area contributed by atoms with E-state index >= 15 is 0 Å². The average Bonchev–Trinajstić information content (AvgIpc) is 3.40. The lowest BCUT2D eigenvalue weighted by atomic mass is 10.1. The molecule has 0 atom stereocenters. The van der Waals surface area contributed by atoms with Gasteiger partial charge in [0.25, 0.3) is 11.8 Å². The van der Waals surface area contributed by atoms with Crippen molar-refractivity contribution in [3.63, 3.8) is 0 Å². The van der Waals surface area contributed by atoms with Gasteiger partial charge in [0.15, 0.2) is 0 Å². The number of H-pyrrole nitrogens is 1. The molecule has 0 fully saturated rings. The van der Waals surface area contributed by atoms with Crippen LogP contribution in [-0.2, 0) is 0 Å². The molecule has 3 N–H and O–H groups in total. The molecule has 2 amide bonds. The zero-order valence-electron chi connectivity index (χ0n) is 27.4. The highest BCUT2D eigenvalue weighted by atomic mass is 16.2. The molecule has 0 aliphatic carbocycles. The van der Waals surface area contributed by atoms with E-state index in [1.165, 1.54) is 51.4 Å². The Labute approximate surface area is 260 Å². The first-order valence-electron chi connectivity index (χ1n) is 17.1. The van der Waals surface area contributed by atoms with Gasteiger partial charge in [0.05, 0.1) is 0 Å². The number of aromatic nitrogens is 1. The smallest absolute Gasteiger partial charge is 0.251 e. The molecule has 43 heavy (non-hydrogen) atoms. The standard InChI is InChI=1S/C36H57N5O2/c1-5-9-21-40(22-10-6-2)25-13-19-37-35(42)29-15-17-33-31(27-29)32-28-30(16-18-34(32)39-33)36(43)38-20-14-26-41(23-11-7-3)24-12-8-4/h15-18,27-28,39H,5-14,19-26H2,1-4H3,(H,37,42)(H,38,43). The Bertz CT molecular complexity index is 1140. The Hall–Kier alpha value is -2.90. The van der Waals surface area contributed by atoms with Crippen LogP contribution in [0.1, 0.15) is 113 Å². The number of unbranched alkanes of at least 4 members (excludes halogenated alkanes) is 4. The van der Waals surface area contributed by atoms with E-state index in [4.69, 9.17) is 0 Å². The fourth-order valence-electron chi connectivity index (χ4n) is 5.59. The summed E-state index contributed by atoms with van der Waals surface area (Å²) in [4.78, 5) is 34.5. The number of rotatable bonds is 22. The second-order valence-corrected chi connectivity index (χ2v) is 12.0. The van der Waals surface area contributed by atoms with Crippen LogP contribution < -0.4 is 10.6 Å². The van der Waals surface area contributed by atoms with Crippen molar-refractivity contribution in [1.82, 2.24) is 25.4 Å². The van der Waals surface area contributed by atoms with E-state index in [2.05, 4.69) is 53.1 Å². The molecule has 0 bridgehead atoms. The molecule has 7 heteroatoms. The first kappa shape index (κ1) is 34.6. The van der Waals surface area contributed by atoms with Crippen LogP contribution in [0, 0.1) is 0 Å². The van der Waals surface area contributed by atoms with Crippen molar-refractivity contribution in [2.24, 2.45) is 0 Å². The van der Waals surface area contributed by atoms with Gasteiger partial charge in [-0.05, 0) is 114 Å². The van der Waals surface area contributed by atoms with Crippen LogP contribution in [0.4, 0.5) is 0 Å². The van der Waals surface area contributed by atoms with E-state index in [9.17, 15) is 9.59 Å². The lowest BCUT2D eigenvalue weighted by Crippen LogP contribution is -2.31. The lowest BCUT2D eigenvalue weighted by Gasteiger charge is -2.21. The van der Waals surface area contributed by atoms with Crippen LogP contribution in [0.2, 0.25) is 0 Å². The van der Waals surface area contributed by atoms with Gasteiger partial charge in [-0.3, -0.25) is 9.59 Å². The van der Waals surface area contributed by atoms with E-state index in [1.807, 2.05) is 36.4 Å². The van der Waals surface area contributed by atoms with Crippen LogP contribution >= 0.6 is 0 Å². The maximum atomic E-state index is 13.0. The Morgan fingerprint density at radius 1 is 0.558 bits per heavy atom. The first-order valence-corrected chi connectivity index (χ1v) is 17.1. The average molecular weight is 592 g/mol. The largest absolute Gasteiger partial charge is 0.355 e. The molecule has 238 valence electrons. The molecule has 0 unspecified atom stereocenters. The number of fused-ring (bicyclic) bond motifs is 3. The van der Waals surface area contributed by atoms with Crippen LogP contribution in [0.5, 0.6) is 0 Å². The van der Waals surface area contributed by atoms with Gasteiger partial charge in [-0.2, -0.15) is 0 Å². The van der Waals surface area contributed by atoms with Gasteiger partial charge in [-0.1, -0.05) is 53.4 Å². The molecule has 1 heterocycles. The zero-order chi connectivity index (χ0) is 30.9. The van der Waals surface area contributed by atoms with E-state index in [1.54, 1.807) is 0 Å². The third-order valence-corrected chi connectivity index (χ3v) is 8.31. The molecular formula is C36H57N5O2. The topological polar surface area (TPSA) is 80.5 Å². The number of amides is 2. The molecule has 3 rings (SSSR count). The fraction of sp³-hybridized carbons (Fsp3) is 0.611. The summed E-state index contributed by atoms with van der Waals surface area (Å²) in [6.07, 6.45) is 11.6. The number of benzene rings is 2. The second kappa shape index (κ2) is 19.4. The van der Waals surface area contributed by atoms with Crippen LogP contribution in [-0.4, -0.2) is 79.0 Å². The van der Waals surface area contributed by atoms with Crippen LogP contribution in [0.25, 0.3) is 21.8 Å². The molecule has 0 saturated heterocycles. The number of hydrogen-bond donors (Lipinski definition) is 3. The quantitative estimate of drug-likeness (QED) is 0.107. The molecule has 1 aromatic heterocycles. The van der Waals surface area contributed by atoms with Gasteiger partial charge in [-0.25, -0.2) is 0 Å². The number of carbonyl (C=O) groups is 2. The minimum Gasteiger partial charge on any atom is -0.355 e. The highest BCUT2D eigenvalue weighted by molar-refractivity contribution is 6.12. The van der Waals surface area contributed by atoms with Gasteiger partial charge < -0.3 is 25.4 Å². The normalized spacial score (nSPS) is 11.7. The van der Waals surface area contributed by atoms with Gasteiger partial charge >= 0.3 is 0 Å². The highest BCUT2D eigenvalue weighted by Crippen LogP contribution is 2.27. The predicted molar refractivity (Wildman–Crippen MR) is 182 cm³/mol. The summed E-state index contributed by atoms with van der Waals surface area (Å²) in [6, 6.07) is 11.6. The summed E-state index contributed by atoms with van der Waals surface area (Å²) in [5.74, 6) is -0.100. The molecule has 0 spiro atoms. The minimum atomic E-state index is -0.0502. The van der Waals surface area contributed by atoms with Crippen molar-refractivity contribution in [3.8, 4) is 0 Å². The molecule has 2 aromatic carbocycles. The van der Waals surface area contributed by atoms with E-state index in [0.29, 0.717) is 24.2 Å². The molecule has 0 aliphatic heterocycles. The van der Waals surface area contributed by atoms with E-state index < -0.39 is 0 Å².